The normalized spacial score (nSPS) is 20.4. The van der Waals surface area contributed by atoms with Crippen molar-refractivity contribution < 1.29 is 8.78 Å². The number of halogens is 2. The van der Waals surface area contributed by atoms with Crippen LogP contribution in [0.5, 0.6) is 0 Å². The lowest BCUT2D eigenvalue weighted by molar-refractivity contribution is 0.161. The molecule has 0 atom stereocenters. The maximum Gasteiger partial charge on any atom is 0.208 e. The second-order valence-electron chi connectivity index (χ2n) is 9.43. The fourth-order valence-electron chi connectivity index (χ4n) is 4.65. The van der Waals surface area contributed by atoms with Gasteiger partial charge in [0.25, 0.3) is 0 Å². The average molecular weight is 432 g/mol. The number of hydrogen-bond acceptors (Lipinski definition) is 6. The van der Waals surface area contributed by atoms with Crippen LogP contribution in [-0.4, -0.2) is 47.1 Å². The number of benzene rings is 1. The Labute approximate surface area is 179 Å². The van der Waals surface area contributed by atoms with Gasteiger partial charge in [0.05, 0.1) is 12.1 Å². The van der Waals surface area contributed by atoms with Gasteiger partial charge in [-0.05, 0) is 58.3 Å². The zero-order valence-electron chi connectivity index (χ0n) is 18.0. The van der Waals surface area contributed by atoms with Gasteiger partial charge in [-0.1, -0.05) is 17.4 Å². The third-order valence-electron chi connectivity index (χ3n) is 5.73. The predicted octanol–water partition coefficient (Wildman–Crippen LogP) is 4.70. The highest BCUT2D eigenvalue weighted by molar-refractivity contribution is 7.18. The van der Waals surface area contributed by atoms with E-state index in [0.29, 0.717) is 22.3 Å². The number of allylic oxidation sites excluding steroid dienone is 1. The van der Waals surface area contributed by atoms with Crippen LogP contribution in [0.1, 0.15) is 46.1 Å². The van der Waals surface area contributed by atoms with Crippen molar-refractivity contribution >= 4 is 28.3 Å². The van der Waals surface area contributed by atoms with Gasteiger partial charge in [-0.3, -0.25) is 4.99 Å². The average Bonchev–Trinajstić information content (AvgIpc) is 3.32. The molecule has 0 spiro atoms. The summed E-state index contributed by atoms with van der Waals surface area (Å²) in [6.45, 7) is 9.16. The molecule has 1 fully saturated rings. The van der Waals surface area contributed by atoms with Crippen LogP contribution >= 0.6 is 11.3 Å². The first kappa shape index (κ1) is 21.1. The van der Waals surface area contributed by atoms with Gasteiger partial charge < -0.3 is 10.2 Å². The first-order valence-electron chi connectivity index (χ1n) is 10.1. The molecular weight excluding hydrogens is 404 g/mol. The molecule has 5 nitrogen and oxygen atoms in total. The Bertz CT molecular complexity index is 1010. The van der Waals surface area contributed by atoms with Gasteiger partial charge in [-0.2, -0.15) is 0 Å². The van der Waals surface area contributed by atoms with E-state index in [4.69, 9.17) is 0 Å². The van der Waals surface area contributed by atoms with Gasteiger partial charge in [0.2, 0.25) is 5.13 Å². The van der Waals surface area contributed by atoms with Gasteiger partial charge in [-0.25, -0.2) is 8.78 Å². The molecule has 30 heavy (non-hydrogen) atoms. The summed E-state index contributed by atoms with van der Waals surface area (Å²) < 4.78 is 29.5. The number of hydrogen-bond donors (Lipinski definition) is 1. The molecular formula is C22H27F2N5S. The van der Waals surface area contributed by atoms with Crippen molar-refractivity contribution in [1.82, 2.24) is 15.5 Å². The lowest BCUT2D eigenvalue weighted by Gasteiger charge is -2.48. The molecule has 1 N–H and O–H groups in total. The Kier molecular flexibility index (Phi) is 5.26. The topological polar surface area (TPSA) is 53.4 Å². The highest BCUT2D eigenvalue weighted by atomic mass is 32.1. The second kappa shape index (κ2) is 7.50. The van der Waals surface area contributed by atoms with Crippen molar-refractivity contribution in [3.8, 4) is 10.6 Å². The minimum Gasteiger partial charge on any atom is -0.347 e. The Morgan fingerprint density at radius 3 is 2.30 bits per heavy atom. The predicted molar refractivity (Wildman–Crippen MR) is 119 cm³/mol. The maximum atomic E-state index is 14.8. The van der Waals surface area contributed by atoms with Crippen molar-refractivity contribution in [1.29, 1.82) is 0 Å². The molecule has 2 aliphatic heterocycles. The second-order valence-corrected chi connectivity index (χ2v) is 10.4. The van der Waals surface area contributed by atoms with E-state index in [9.17, 15) is 8.78 Å². The molecule has 4 rings (SSSR count). The molecule has 2 aromatic rings. The molecule has 0 aliphatic carbocycles. The number of piperidine rings is 1. The van der Waals surface area contributed by atoms with Gasteiger partial charge >= 0.3 is 0 Å². The third kappa shape index (κ3) is 4.03. The summed E-state index contributed by atoms with van der Waals surface area (Å²) in [5.41, 5.74) is 1.05. The minimum absolute atomic E-state index is 0.00208. The largest absolute Gasteiger partial charge is 0.347 e. The summed E-state index contributed by atoms with van der Waals surface area (Å²) >= 11 is 1.29. The van der Waals surface area contributed by atoms with E-state index in [2.05, 4.69) is 53.1 Å². The standard InChI is InChI=1S/C22H27F2N5S/c1-21(2)10-14(11-22(3,4)28-21)29(5)20-27-26-19(30-20)16-7-6-15(17(23)18(16)24)13-8-9-25-12-13/h6-9,14,28H,10-12H2,1-5H3. The summed E-state index contributed by atoms with van der Waals surface area (Å²) in [5.74, 6) is -1.76. The Morgan fingerprint density at radius 1 is 1.03 bits per heavy atom. The van der Waals surface area contributed by atoms with Gasteiger partial charge in [0.1, 0.15) is 0 Å². The minimum atomic E-state index is -0.894. The first-order chi connectivity index (χ1) is 14.1. The Balaban J connectivity index is 1.59. The lowest BCUT2D eigenvalue weighted by Crippen LogP contribution is -2.61. The molecule has 1 aromatic heterocycles. The van der Waals surface area contributed by atoms with Crippen LogP contribution in [0, 0.1) is 11.6 Å². The van der Waals surface area contributed by atoms with E-state index in [1.807, 2.05) is 7.05 Å². The number of rotatable bonds is 4. The molecule has 1 saturated heterocycles. The number of nitrogens with zero attached hydrogens (tertiary/aromatic N) is 4. The van der Waals surface area contributed by atoms with Crippen LogP contribution in [0.2, 0.25) is 0 Å². The summed E-state index contributed by atoms with van der Waals surface area (Å²) in [7, 11) is 2.00. The SMILES string of the molecule is CN(c1nnc(-c2ccc(C3=CC=NC3)c(F)c2F)s1)C1CC(C)(C)NC(C)(C)C1. The highest BCUT2D eigenvalue weighted by Gasteiger charge is 2.39. The molecule has 8 heteroatoms. The monoisotopic (exact) mass is 431 g/mol. The fourth-order valence-corrected chi connectivity index (χ4v) is 5.55. The van der Waals surface area contributed by atoms with Gasteiger partial charge in [0.15, 0.2) is 16.6 Å². The smallest absolute Gasteiger partial charge is 0.208 e. The van der Waals surface area contributed by atoms with E-state index in [0.717, 1.165) is 12.8 Å². The van der Waals surface area contributed by atoms with Crippen LogP contribution in [0.4, 0.5) is 13.9 Å². The van der Waals surface area contributed by atoms with Crippen molar-refractivity contribution in [3.05, 3.63) is 35.4 Å². The third-order valence-corrected chi connectivity index (χ3v) is 6.78. The van der Waals surface area contributed by atoms with Crippen molar-refractivity contribution in [2.75, 3.05) is 18.5 Å². The molecule has 0 bridgehead atoms. The zero-order chi connectivity index (χ0) is 21.7. The molecule has 2 aliphatic rings. The number of anilines is 1. The van der Waals surface area contributed by atoms with Crippen LogP contribution in [0.25, 0.3) is 16.1 Å². The molecule has 0 saturated carbocycles. The van der Waals surface area contributed by atoms with Crippen LogP contribution < -0.4 is 10.2 Å². The lowest BCUT2D eigenvalue weighted by atomic mass is 9.79. The highest BCUT2D eigenvalue weighted by Crippen LogP contribution is 2.37. The van der Waals surface area contributed by atoms with E-state index in [1.165, 1.54) is 11.3 Å². The summed E-state index contributed by atoms with van der Waals surface area (Å²) in [5, 5.41) is 13.2. The molecule has 160 valence electrons. The molecule has 3 heterocycles. The van der Waals surface area contributed by atoms with Crippen molar-refractivity contribution in [2.45, 2.75) is 57.7 Å². The van der Waals surface area contributed by atoms with Crippen LogP contribution in [-0.2, 0) is 0 Å². The number of aromatic nitrogens is 2. The molecule has 0 amide bonds. The fraction of sp³-hybridized carbons (Fsp3) is 0.500. The Morgan fingerprint density at radius 2 is 1.67 bits per heavy atom. The summed E-state index contributed by atoms with van der Waals surface area (Å²) in [6.07, 6.45) is 5.22. The summed E-state index contributed by atoms with van der Waals surface area (Å²) in [6, 6.07) is 3.44. The van der Waals surface area contributed by atoms with Gasteiger partial charge in [0, 0.05) is 35.9 Å². The van der Waals surface area contributed by atoms with Gasteiger partial charge in [-0.15, -0.1) is 10.2 Å². The van der Waals surface area contributed by atoms with Crippen LogP contribution in [0.3, 0.4) is 0 Å². The Hall–Kier alpha value is -2.19. The molecule has 0 radical (unpaired) electrons. The van der Waals surface area contributed by atoms with E-state index in [-0.39, 0.29) is 28.2 Å². The van der Waals surface area contributed by atoms with E-state index in [1.54, 1.807) is 24.4 Å². The van der Waals surface area contributed by atoms with Crippen molar-refractivity contribution in [3.63, 3.8) is 0 Å². The quantitative estimate of drug-likeness (QED) is 0.763. The number of aliphatic imine (C=N–C) groups is 1. The first-order valence-corrected chi connectivity index (χ1v) is 10.9. The maximum absolute atomic E-state index is 14.8. The zero-order valence-corrected chi connectivity index (χ0v) is 18.8. The molecule has 1 aromatic carbocycles. The van der Waals surface area contributed by atoms with Crippen LogP contribution in [0.15, 0.2) is 23.2 Å². The van der Waals surface area contributed by atoms with Crippen molar-refractivity contribution in [2.24, 2.45) is 4.99 Å². The number of nitrogens with one attached hydrogen (secondary N) is 1. The van der Waals surface area contributed by atoms with E-state index >= 15 is 0 Å². The summed E-state index contributed by atoms with van der Waals surface area (Å²) in [4.78, 5) is 6.16. The molecule has 0 unspecified atom stereocenters. The van der Waals surface area contributed by atoms with E-state index < -0.39 is 11.6 Å².